The van der Waals surface area contributed by atoms with E-state index >= 15 is 0 Å². The van der Waals surface area contributed by atoms with Crippen LogP contribution in [0.1, 0.15) is 22.3 Å². The molecule has 2 aromatic carbocycles. The van der Waals surface area contributed by atoms with Gasteiger partial charge in [0.05, 0.1) is 0 Å². The Labute approximate surface area is 127 Å². The van der Waals surface area contributed by atoms with Crippen LogP contribution in [-0.2, 0) is 3.71 Å². The molecule has 0 aromatic heterocycles. The van der Waals surface area contributed by atoms with Gasteiger partial charge in [0.1, 0.15) is 0 Å². The Morgan fingerprint density at radius 1 is 1.00 bits per heavy atom. The molecule has 0 amide bonds. The molecule has 0 saturated carbocycles. The Hall–Kier alpha value is -1.01. The fraction of sp³-hybridized carbons (Fsp3) is 0.176. The van der Waals surface area contributed by atoms with Crippen LogP contribution in [-0.4, -0.2) is 27.2 Å². The molecular formula is C17H17LiSi. The summed E-state index contributed by atoms with van der Waals surface area (Å²) in [5.74, 6) is 0. The van der Waals surface area contributed by atoms with E-state index in [1.54, 1.807) is 5.19 Å². The zero-order valence-electron chi connectivity index (χ0n) is 11.9. The quantitative estimate of drug-likeness (QED) is 0.722. The molecule has 90 valence electrons. The molecule has 0 N–H and O–H groups in total. The molecule has 0 fully saturated rings. The summed E-state index contributed by atoms with van der Waals surface area (Å²) in [6.07, 6.45) is 4.72. The summed E-state index contributed by atoms with van der Waals surface area (Å²) in [5.41, 5.74) is 5.84. The van der Waals surface area contributed by atoms with Crippen molar-refractivity contribution in [3.8, 4) is 0 Å². The third-order valence-electron chi connectivity index (χ3n) is 4.48. The first-order chi connectivity index (χ1) is 9.10. The van der Waals surface area contributed by atoms with Crippen LogP contribution in [0.15, 0.2) is 48.5 Å². The van der Waals surface area contributed by atoms with Gasteiger partial charge in [0, 0.05) is 0 Å². The molecule has 1 aliphatic rings. The molecule has 1 unspecified atom stereocenters. The normalized spacial score (nSPS) is 21.3. The Balaban J connectivity index is 2.01. The first kappa shape index (κ1) is 13.0. The minimum absolute atomic E-state index is 0.273. The molecule has 3 rings (SSSR count). The van der Waals surface area contributed by atoms with Gasteiger partial charge in [0.15, 0.2) is 0 Å². The summed E-state index contributed by atoms with van der Waals surface area (Å²) in [7, 11) is -0.377. The van der Waals surface area contributed by atoms with Crippen molar-refractivity contribution in [2.45, 2.75) is 17.6 Å². The number of benzene rings is 2. The van der Waals surface area contributed by atoms with Crippen molar-refractivity contribution in [3.05, 3.63) is 70.8 Å². The van der Waals surface area contributed by atoms with Gasteiger partial charge in [0.2, 0.25) is 0 Å². The van der Waals surface area contributed by atoms with Gasteiger partial charge >= 0.3 is 127 Å². The summed E-state index contributed by atoms with van der Waals surface area (Å²) in [6, 6.07) is 15.6. The number of hydrogen-bond donors (Lipinski definition) is 0. The summed E-state index contributed by atoms with van der Waals surface area (Å²) >= 11 is 2.41. The van der Waals surface area contributed by atoms with Crippen LogP contribution in [0.25, 0.3) is 6.08 Å². The standard InChI is InChI=1S/C17H17Si.Li/c1-12-6-5-9-16(13(12)2)18-17-11-10-14-7-3-4-8-15(14)17;/h3-11H,18H2,1-2H3;. The molecule has 1 aliphatic carbocycles. The summed E-state index contributed by atoms with van der Waals surface area (Å²) in [4.78, 5) is 0. The van der Waals surface area contributed by atoms with E-state index in [1.165, 1.54) is 22.3 Å². The second-order valence-electron chi connectivity index (χ2n) is 5.87. The minimum atomic E-state index is -0.377. The first-order valence-electron chi connectivity index (χ1n) is 6.94. The van der Waals surface area contributed by atoms with Crippen LogP contribution in [0.3, 0.4) is 0 Å². The third kappa shape index (κ3) is 2.27. The molecule has 2 aromatic rings. The van der Waals surface area contributed by atoms with Crippen LogP contribution in [0.5, 0.6) is 0 Å². The van der Waals surface area contributed by atoms with E-state index in [9.17, 15) is 0 Å². The molecule has 19 heavy (non-hydrogen) atoms. The zero-order chi connectivity index (χ0) is 13.5. The summed E-state index contributed by atoms with van der Waals surface area (Å²) < 4.78 is 0.273. The van der Waals surface area contributed by atoms with Gasteiger partial charge in [-0.1, -0.05) is 0 Å². The predicted molar refractivity (Wildman–Crippen MR) is 87.0 cm³/mol. The van der Waals surface area contributed by atoms with Gasteiger partial charge in [-0.05, 0) is 0 Å². The molecule has 0 bridgehead atoms. The Kier molecular flexibility index (Phi) is 3.31. The van der Waals surface area contributed by atoms with Crippen molar-refractivity contribution in [1.29, 1.82) is 0 Å². The second kappa shape index (κ2) is 4.83. The van der Waals surface area contributed by atoms with Gasteiger partial charge in [-0.2, -0.15) is 0 Å². The van der Waals surface area contributed by atoms with Gasteiger partial charge < -0.3 is 0 Å². The first-order valence-corrected chi connectivity index (χ1v) is 8.35. The molecule has 2 heteroatoms. The monoisotopic (exact) mass is 256 g/mol. The molecule has 0 aliphatic heterocycles. The molecular weight excluding hydrogens is 239 g/mol. The summed E-state index contributed by atoms with van der Waals surface area (Å²) in [6.45, 7) is 4.49. The van der Waals surface area contributed by atoms with Crippen molar-refractivity contribution < 1.29 is 0 Å². The van der Waals surface area contributed by atoms with Gasteiger partial charge in [0.25, 0.3) is 0 Å². The second-order valence-corrected chi connectivity index (χ2v) is 8.46. The number of rotatable bonds is 2. The van der Waals surface area contributed by atoms with Crippen molar-refractivity contribution >= 4 is 38.5 Å². The molecule has 0 radical (unpaired) electrons. The van der Waals surface area contributed by atoms with E-state index in [2.05, 4.69) is 86.2 Å². The van der Waals surface area contributed by atoms with Gasteiger partial charge in [-0.3, -0.25) is 0 Å². The van der Waals surface area contributed by atoms with Crippen LogP contribution in [0.4, 0.5) is 0 Å². The van der Waals surface area contributed by atoms with Crippen molar-refractivity contribution in [2.24, 2.45) is 0 Å². The van der Waals surface area contributed by atoms with E-state index < -0.39 is 0 Å². The predicted octanol–water partition coefficient (Wildman–Crippen LogP) is 2.15. The SMILES string of the molecule is [Li][C]1([SiH2]c2cccc(C)c2C)C=Cc2ccccc21. The Morgan fingerprint density at radius 2 is 1.79 bits per heavy atom. The molecule has 0 nitrogen and oxygen atoms in total. The van der Waals surface area contributed by atoms with Crippen LogP contribution < -0.4 is 5.19 Å². The van der Waals surface area contributed by atoms with Crippen molar-refractivity contribution in [2.75, 3.05) is 0 Å². The third-order valence-corrected chi connectivity index (χ3v) is 6.98. The maximum absolute atomic E-state index is 2.42. The van der Waals surface area contributed by atoms with Crippen LogP contribution in [0.2, 0.25) is 0 Å². The fourth-order valence-corrected chi connectivity index (χ4v) is 5.42. The maximum atomic E-state index is 2.42. The Morgan fingerprint density at radius 3 is 2.63 bits per heavy atom. The number of fused-ring (bicyclic) bond motifs is 1. The molecule has 0 spiro atoms. The number of hydrogen-bond acceptors (Lipinski definition) is 0. The van der Waals surface area contributed by atoms with E-state index in [0.717, 1.165) is 0 Å². The van der Waals surface area contributed by atoms with E-state index in [-0.39, 0.29) is 13.2 Å². The molecule has 0 heterocycles. The fourth-order valence-electron chi connectivity index (χ4n) is 3.08. The molecule has 0 saturated heterocycles. The van der Waals surface area contributed by atoms with E-state index in [0.29, 0.717) is 0 Å². The van der Waals surface area contributed by atoms with Crippen molar-refractivity contribution in [3.63, 3.8) is 0 Å². The Bertz CT molecular complexity index is 660. The van der Waals surface area contributed by atoms with Gasteiger partial charge in [-0.25, -0.2) is 0 Å². The zero-order valence-corrected chi connectivity index (χ0v) is 13.3. The molecule has 1 atom stereocenters. The van der Waals surface area contributed by atoms with Gasteiger partial charge in [-0.15, -0.1) is 0 Å². The van der Waals surface area contributed by atoms with Crippen LogP contribution >= 0.6 is 0 Å². The van der Waals surface area contributed by atoms with Crippen molar-refractivity contribution in [1.82, 2.24) is 0 Å². The number of allylic oxidation sites excluding steroid dienone is 1. The van der Waals surface area contributed by atoms with E-state index in [4.69, 9.17) is 0 Å². The average molecular weight is 256 g/mol. The summed E-state index contributed by atoms with van der Waals surface area (Å²) in [5, 5.41) is 1.60. The van der Waals surface area contributed by atoms with E-state index in [1.807, 2.05) is 0 Å². The number of aryl methyl sites for hydroxylation is 1. The average Bonchev–Trinajstić information content (AvgIpc) is 2.74. The topological polar surface area (TPSA) is 0 Å². The van der Waals surface area contributed by atoms with Crippen LogP contribution in [0, 0.1) is 13.8 Å².